The summed E-state index contributed by atoms with van der Waals surface area (Å²) in [4.78, 5) is 2.37. The van der Waals surface area contributed by atoms with Crippen LogP contribution in [0.5, 0.6) is 0 Å². The molecule has 0 atom stereocenters. The standard InChI is InChI=1S/C47H35N/c1-31(2)32-22-25-38(26-23-32)48(37-18-10-5-11-19-37)39-27-24-35-29-42-43(30-36(35)28-39)47-45(34-16-8-4-9-17-34)41-21-13-12-20-40(41)44(46(42)47)33-14-6-3-7-15-33/h3-31H,1-2H3. The lowest BCUT2D eigenvalue weighted by Crippen LogP contribution is -2.10. The summed E-state index contributed by atoms with van der Waals surface area (Å²) in [7, 11) is 0. The molecule has 48 heavy (non-hydrogen) atoms. The molecule has 1 nitrogen and oxygen atoms in total. The van der Waals surface area contributed by atoms with Crippen molar-refractivity contribution in [1.82, 2.24) is 0 Å². The molecule has 0 aromatic heterocycles. The molecule has 0 saturated carbocycles. The van der Waals surface area contributed by atoms with Gasteiger partial charge < -0.3 is 4.90 Å². The van der Waals surface area contributed by atoms with Crippen LogP contribution in [0.3, 0.4) is 0 Å². The first-order valence-corrected chi connectivity index (χ1v) is 16.9. The molecular formula is C47H35N. The Hall–Kier alpha value is -5.92. The van der Waals surface area contributed by atoms with Gasteiger partial charge in [-0.1, -0.05) is 135 Å². The van der Waals surface area contributed by atoms with Crippen LogP contribution in [0.15, 0.2) is 170 Å². The number of anilines is 3. The van der Waals surface area contributed by atoms with Gasteiger partial charge in [0, 0.05) is 17.1 Å². The molecule has 0 fully saturated rings. The molecule has 0 spiro atoms. The number of fused-ring (bicyclic) bond motifs is 6. The number of para-hydroxylation sites is 1. The predicted molar refractivity (Wildman–Crippen MR) is 206 cm³/mol. The molecule has 0 aliphatic heterocycles. The van der Waals surface area contributed by atoms with Crippen LogP contribution in [-0.2, 0) is 0 Å². The van der Waals surface area contributed by atoms with Gasteiger partial charge in [0.1, 0.15) is 0 Å². The van der Waals surface area contributed by atoms with Gasteiger partial charge in [0.25, 0.3) is 0 Å². The van der Waals surface area contributed by atoms with E-state index in [1.54, 1.807) is 0 Å². The quantitative estimate of drug-likeness (QED) is 0.180. The molecule has 1 heteroatoms. The Labute approximate surface area is 282 Å². The number of benzene rings is 8. The van der Waals surface area contributed by atoms with Crippen molar-refractivity contribution < 1.29 is 0 Å². The summed E-state index contributed by atoms with van der Waals surface area (Å²) in [5, 5.41) is 5.08. The van der Waals surface area contributed by atoms with Crippen molar-refractivity contribution in [3.8, 4) is 44.5 Å². The number of nitrogens with zero attached hydrogens (tertiary/aromatic N) is 1. The van der Waals surface area contributed by atoms with Gasteiger partial charge in [-0.25, -0.2) is 0 Å². The lowest BCUT2D eigenvalue weighted by Gasteiger charge is -2.33. The lowest BCUT2D eigenvalue weighted by molar-refractivity contribution is 0.866. The van der Waals surface area contributed by atoms with Crippen LogP contribution in [0.1, 0.15) is 25.3 Å². The van der Waals surface area contributed by atoms with E-state index in [1.165, 1.54) is 71.6 Å². The van der Waals surface area contributed by atoms with Crippen LogP contribution in [0, 0.1) is 0 Å². The van der Waals surface area contributed by atoms with Crippen LogP contribution in [0.4, 0.5) is 17.1 Å². The predicted octanol–water partition coefficient (Wildman–Crippen LogP) is 13.6. The molecule has 1 aliphatic rings. The van der Waals surface area contributed by atoms with Crippen molar-refractivity contribution >= 4 is 38.6 Å². The third kappa shape index (κ3) is 4.54. The second kappa shape index (κ2) is 11.4. The molecule has 228 valence electrons. The molecular weight excluding hydrogens is 579 g/mol. The highest BCUT2D eigenvalue weighted by molar-refractivity contribution is 6.26. The fourth-order valence-electron chi connectivity index (χ4n) is 7.59. The fraction of sp³-hybridized carbons (Fsp3) is 0.0638. The molecule has 1 aliphatic carbocycles. The van der Waals surface area contributed by atoms with Crippen LogP contribution < -0.4 is 4.90 Å². The minimum Gasteiger partial charge on any atom is -0.310 e. The van der Waals surface area contributed by atoms with E-state index < -0.39 is 0 Å². The molecule has 0 N–H and O–H groups in total. The summed E-state index contributed by atoms with van der Waals surface area (Å²) >= 11 is 0. The van der Waals surface area contributed by atoms with E-state index in [0.29, 0.717) is 5.92 Å². The lowest BCUT2D eigenvalue weighted by atomic mass is 9.70. The molecule has 0 heterocycles. The van der Waals surface area contributed by atoms with Crippen LogP contribution in [0.2, 0.25) is 0 Å². The van der Waals surface area contributed by atoms with Crippen LogP contribution in [-0.4, -0.2) is 0 Å². The van der Waals surface area contributed by atoms with E-state index in [-0.39, 0.29) is 0 Å². The molecule has 0 amide bonds. The van der Waals surface area contributed by atoms with E-state index in [1.807, 2.05) is 0 Å². The summed E-state index contributed by atoms with van der Waals surface area (Å²) < 4.78 is 0. The Morgan fingerprint density at radius 1 is 0.375 bits per heavy atom. The molecule has 0 radical (unpaired) electrons. The van der Waals surface area contributed by atoms with Gasteiger partial charge in [-0.2, -0.15) is 0 Å². The van der Waals surface area contributed by atoms with Gasteiger partial charge in [0.05, 0.1) is 0 Å². The number of hydrogen-bond acceptors (Lipinski definition) is 1. The highest BCUT2D eigenvalue weighted by atomic mass is 15.1. The highest BCUT2D eigenvalue weighted by Crippen LogP contribution is 2.59. The summed E-state index contributed by atoms with van der Waals surface area (Å²) in [6.07, 6.45) is 0. The Morgan fingerprint density at radius 3 is 1.38 bits per heavy atom. The minimum atomic E-state index is 0.492. The fourth-order valence-corrected chi connectivity index (χ4v) is 7.59. The Balaban J connectivity index is 1.27. The van der Waals surface area contributed by atoms with E-state index in [9.17, 15) is 0 Å². The average Bonchev–Trinajstić information content (AvgIpc) is 3.14. The zero-order valence-corrected chi connectivity index (χ0v) is 27.2. The van der Waals surface area contributed by atoms with Crippen molar-refractivity contribution in [3.05, 3.63) is 175 Å². The Kier molecular flexibility index (Phi) is 6.73. The van der Waals surface area contributed by atoms with Gasteiger partial charge in [0.15, 0.2) is 0 Å². The molecule has 8 aromatic carbocycles. The maximum absolute atomic E-state index is 2.43. The minimum absolute atomic E-state index is 0.492. The van der Waals surface area contributed by atoms with Gasteiger partial charge in [-0.3, -0.25) is 0 Å². The van der Waals surface area contributed by atoms with Crippen molar-refractivity contribution in [1.29, 1.82) is 0 Å². The maximum Gasteiger partial charge on any atom is 0.0468 e. The summed E-state index contributed by atoms with van der Waals surface area (Å²) in [6, 6.07) is 62.3. The molecule has 9 rings (SSSR count). The highest BCUT2D eigenvalue weighted by Gasteiger charge is 2.32. The molecule has 0 saturated heterocycles. The van der Waals surface area contributed by atoms with Gasteiger partial charge in [-0.15, -0.1) is 0 Å². The second-order valence-corrected chi connectivity index (χ2v) is 13.1. The monoisotopic (exact) mass is 613 g/mol. The number of rotatable bonds is 6. The van der Waals surface area contributed by atoms with Gasteiger partial charge in [0.2, 0.25) is 0 Å². The first kappa shape index (κ1) is 28.3. The third-order valence-corrected chi connectivity index (χ3v) is 9.93. The number of hydrogen-bond donors (Lipinski definition) is 0. The van der Waals surface area contributed by atoms with Crippen molar-refractivity contribution in [2.75, 3.05) is 4.90 Å². The normalized spacial score (nSPS) is 11.7. The maximum atomic E-state index is 2.43. The first-order valence-electron chi connectivity index (χ1n) is 16.9. The average molecular weight is 614 g/mol. The SMILES string of the molecule is CC(C)c1ccc(N(c2ccccc2)c2ccc3cc4c(cc3c2)-c2c-4c(-c3ccccc3)c3ccccc3c2-c2ccccc2)cc1. The first-order chi connectivity index (χ1) is 23.7. The van der Waals surface area contributed by atoms with Crippen molar-refractivity contribution in [3.63, 3.8) is 0 Å². The van der Waals surface area contributed by atoms with E-state index in [0.717, 1.165) is 17.1 Å². The van der Waals surface area contributed by atoms with Crippen LogP contribution in [0.25, 0.3) is 66.1 Å². The third-order valence-electron chi connectivity index (χ3n) is 9.93. The molecule has 0 bridgehead atoms. The largest absolute Gasteiger partial charge is 0.310 e. The van der Waals surface area contributed by atoms with Crippen LogP contribution >= 0.6 is 0 Å². The smallest absolute Gasteiger partial charge is 0.0468 e. The molecule has 8 aromatic rings. The van der Waals surface area contributed by atoms with E-state index in [2.05, 4.69) is 189 Å². The molecule has 0 unspecified atom stereocenters. The zero-order valence-electron chi connectivity index (χ0n) is 27.2. The second-order valence-electron chi connectivity index (χ2n) is 13.1. The summed E-state index contributed by atoms with van der Waals surface area (Å²) in [5.74, 6) is 0.492. The summed E-state index contributed by atoms with van der Waals surface area (Å²) in [6.45, 7) is 4.49. The van der Waals surface area contributed by atoms with Crippen molar-refractivity contribution in [2.24, 2.45) is 0 Å². The topological polar surface area (TPSA) is 3.24 Å². The Morgan fingerprint density at radius 2 is 0.833 bits per heavy atom. The van der Waals surface area contributed by atoms with E-state index in [4.69, 9.17) is 0 Å². The van der Waals surface area contributed by atoms with Gasteiger partial charge >= 0.3 is 0 Å². The Bertz CT molecular complexity index is 2440. The van der Waals surface area contributed by atoms with E-state index >= 15 is 0 Å². The zero-order chi connectivity index (χ0) is 32.2. The van der Waals surface area contributed by atoms with Crippen molar-refractivity contribution in [2.45, 2.75) is 19.8 Å². The summed E-state index contributed by atoms with van der Waals surface area (Å²) in [5.41, 5.74) is 15.3. The van der Waals surface area contributed by atoms with Gasteiger partial charge in [-0.05, 0) is 126 Å².